The molecule has 0 aliphatic rings. The van der Waals surface area contributed by atoms with Crippen molar-refractivity contribution in [3.63, 3.8) is 0 Å². The van der Waals surface area contributed by atoms with Crippen molar-refractivity contribution in [3.8, 4) is 5.75 Å². The molecule has 0 saturated heterocycles. The van der Waals surface area contributed by atoms with Crippen LogP contribution >= 0.6 is 11.3 Å². The Labute approximate surface area is 177 Å². The zero-order valence-electron chi connectivity index (χ0n) is 16.3. The molecular formula is C21H19N3O4S2. The van der Waals surface area contributed by atoms with Crippen LogP contribution in [0, 0.1) is 13.8 Å². The Morgan fingerprint density at radius 1 is 1.07 bits per heavy atom. The number of hydrogen-bond acceptors (Lipinski definition) is 6. The highest BCUT2D eigenvalue weighted by Gasteiger charge is 2.17. The SMILES string of the molecule is Cc1ccc(S(=O)(=O)Nc2ccc(C)cc2OCc2cc(=O)n3ccsc3n2)cc1. The smallest absolute Gasteiger partial charge is 0.262 e. The number of hydrogen-bond donors (Lipinski definition) is 1. The van der Waals surface area contributed by atoms with E-state index in [-0.39, 0.29) is 17.1 Å². The minimum Gasteiger partial charge on any atom is -0.485 e. The monoisotopic (exact) mass is 441 g/mol. The molecule has 2 aromatic carbocycles. The van der Waals surface area contributed by atoms with Gasteiger partial charge in [-0.15, -0.1) is 11.3 Å². The van der Waals surface area contributed by atoms with Crippen LogP contribution < -0.4 is 15.0 Å². The molecule has 2 heterocycles. The largest absolute Gasteiger partial charge is 0.485 e. The molecule has 0 saturated carbocycles. The van der Waals surface area contributed by atoms with E-state index in [4.69, 9.17) is 4.74 Å². The van der Waals surface area contributed by atoms with Crippen LogP contribution in [0.25, 0.3) is 4.96 Å². The van der Waals surface area contributed by atoms with Crippen molar-refractivity contribution in [2.45, 2.75) is 25.3 Å². The van der Waals surface area contributed by atoms with Crippen molar-refractivity contribution in [2.75, 3.05) is 4.72 Å². The molecule has 9 heteroatoms. The van der Waals surface area contributed by atoms with Gasteiger partial charge in [0.05, 0.1) is 16.3 Å². The van der Waals surface area contributed by atoms with Gasteiger partial charge in [0.1, 0.15) is 12.4 Å². The van der Waals surface area contributed by atoms with E-state index in [1.165, 1.54) is 21.8 Å². The third-order valence-corrected chi connectivity index (χ3v) is 6.58. The average Bonchev–Trinajstić information content (AvgIpc) is 3.18. The highest BCUT2D eigenvalue weighted by atomic mass is 32.2. The Morgan fingerprint density at radius 3 is 2.57 bits per heavy atom. The highest BCUT2D eigenvalue weighted by molar-refractivity contribution is 7.92. The Balaban J connectivity index is 1.60. The van der Waals surface area contributed by atoms with Gasteiger partial charge in [-0.2, -0.15) is 0 Å². The zero-order chi connectivity index (χ0) is 21.3. The molecule has 4 rings (SSSR count). The second-order valence-corrected chi connectivity index (χ2v) is 9.40. The van der Waals surface area contributed by atoms with Gasteiger partial charge in [0.25, 0.3) is 15.6 Å². The molecule has 0 spiro atoms. The first-order chi connectivity index (χ1) is 14.3. The maximum atomic E-state index is 12.8. The molecule has 0 aliphatic heterocycles. The number of thiazole rings is 1. The summed E-state index contributed by atoms with van der Waals surface area (Å²) in [5.41, 5.74) is 2.47. The maximum Gasteiger partial charge on any atom is 0.262 e. The maximum absolute atomic E-state index is 12.8. The first kappa shape index (κ1) is 20.1. The summed E-state index contributed by atoms with van der Waals surface area (Å²) in [4.78, 5) is 17.3. The van der Waals surface area contributed by atoms with Crippen LogP contribution in [0.1, 0.15) is 16.8 Å². The van der Waals surface area contributed by atoms with Crippen LogP contribution in [0.4, 0.5) is 5.69 Å². The number of fused-ring (bicyclic) bond motifs is 1. The normalized spacial score (nSPS) is 11.5. The van der Waals surface area contributed by atoms with Crippen LogP contribution in [-0.4, -0.2) is 17.8 Å². The number of anilines is 1. The van der Waals surface area contributed by atoms with Crippen LogP contribution in [0.2, 0.25) is 0 Å². The minimum absolute atomic E-state index is 0.0341. The van der Waals surface area contributed by atoms with Crippen LogP contribution in [0.3, 0.4) is 0 Å². The first-order valence-electron chi connectivity index (χ1n) is 9.10. The third kappa shape index (κ3) is 4.22. The van der Waals surface area contributed by atoms with Crippen molar-refractivity contribution in [2.24, 2.45) is 0 Å². The molecular weight excluding hydrogens is 422 g/mol. The summed E-state index contributed by atoms with van der Waals surface area (Å²) in [5.74, 6) is 0.360. The van der Waals surface area contributed by atoms with Crippen molar-refractivity contribution < 1.29 is 13.2 Å². The van der Waals surface area contributed by atoms with Gasteiger partial charge in [-0.1, -0.05) is 23.8 Å². The van der Waals surface area contributed by atoms with E-state index >= 15 is 0 Å². The van der Waals surface area contributed by atoms with E-state index < -0.39 is 10.0 Å². The number of nitrogens with zero attached hydrogens (tertiary/aromatic N) is 2. The summed E-state index contributed by atoms with van der Waals surface area (Å²) in [5, 5.41) is 1.78. The van der Waals surface area contributed by atoms with E-state index in [0.717, 1.165) is 11.1 Å². The summed E-state index contributed by atoms with van der Waals surface area (Å²) in [6, 6.07) is 13.2. The topological polar surface area (TPSA) is 89.8 Å². The van der Waals surface area contributed by atoms with Gasteiger partial charge in [0, 0.05) is 17.6 Å². The predicted molar refractivity (Wildman–Crippen MR) is 117 cm³/mol. The Bertz CT molecular complexity index is 1370. The van der Waals surface area contributed by atoms with E-state index in [2.05, 4.69) is 9.71 Å². The Hall–Kier alpha value is -3.17. The molecule has 2 aromatic heterocycles. The van der Waals surface area contributed by atoms with Crippen molar-refractivity contribution in [1.29, 1.82) is 0 Å². The van der Waals surface area contributed by atoms with E-state index in [9.17, 15) is 13.2 Å². The second kappa shape index (κ2) is 7.92. The molecule has 0 fully saturated rings. The minimum atomic E-state index is -3.77. The summed E-state index contributed by atoms with van der Waals surface area (Å²) >= 11 is 1.35. The van der Waals surface area contributed by atoms with Crippen molar-refractivity contribution >= 4 is 32.0 Å². The lowest BCUT2D eigenvalue weighted by atomic mass is 10.2. The Morgan fingerprint density at radius 2 is 1.80 bits per heavy atom. The molecule has 4 aromatic rings. The van der Waals surface area contributed by atoms with Crippen LogP contribution in [-0.2, 0) is 16.6 Å². The summed E-state index contributed by atoms with van der Waals surface area (Å²) in [6.45, 7) is 3.81. The average molecular weight is 442 g/mol. The van der Waals surface area contributed by atoms with Gasteiger partial charge in [0.2, 0.25) is 0 Å². The van der Waals surface area contributed by atoms with E-state index in [1.54, 1.807) is 54.0 Å². The molecule has 0 atom stereocenters. The molecule has 7 nitrogen and oxygen atoms in total. The second-order valence-electron chi connectivity index (χ2n) is 6.85. The number of ether oxygens (including phenoxy) is 1. The van der Waals surface area contributed by atoms with E-state index in [1.807, 2.05) is 13.8 Å². The lowest BCUT2D eigenvalue weighted by molar-refractivity contribution is 0.303. The zero-order valence-corrected chi connectivity index (χ0v) is 18.0. The standard InChI is InChI=1S/C21H19N3O4S2/c1-14-3-6-17(7-4-14)30(26,27)23-18-8-5-15(2)11-19(18)28-13-16-12-20(25)24-9-10-29-21(24)22-16/h3-12,23H,13H2,1-2H3. The van der Waals surface area contributed by atoms with Gasteiger partial charge in [-0.3, -0.25) is 13.9 Å². The van der Waals surface area contributed by atoms with E-state index in [0.29, 0.717) is 22.1 Å². The molecule has 0 amide bonds. The molecule has 1 N–H and O–H groups in total. The van der Waals surface area contributed by atoms with Gasteiger partial charge in [0.15, 0.2) is 4.96 Å². The fourth-order valence-electron chi connectivity index (χ4n) is 2.87. The number of rotatable bonds is 6. The first-order valence-corrected chi connectivity index (χ1v) is 11.5. The van der Waals surface area contributed by atoms with Gasteiger partial charge in [-0.25, -0.2) is 13.4 Å². The van der Waals surface area contributed by atoms with Crippen molar-refractivity contribution in [3.05, 3.63) is 87.3 Å². The van der Waals surface area contributed by atoms with Crippen LogP contribution in [0.5, 0.6) is 5.75 Å². The molecule has 30 heavy (non-hydrogen) atoms. The lowest BCUT2D eigenvalue weighted by Gasteiger charge is -2.14. The highest BCUT2D eigenvalue weighted by Crippen LogP contribution is 2.29. The van der Waals surface area contributed by atoms with Gasteiger partial charge in [-0.05, 0) is 43.7 Å². The predicted octanol–water partition coefficient (Wildman–Crippen LogP) is 3.75. The van der Waals surface area contributed by atoms with Gasteiger partial charge >= 0.3 is 0 Å². The van der Waals surface area contributed by atoms with Gasteiger partial charge < -0.3 is 4.74 Å². The number of sulfonamides is 1. The number of benzene rings is 2. The number of aromatic nitrogens is 2. The molecule has 0 bridgehead atoms. The fourth-order valence-corrected chi connectivity index (χ4v) is 4.68. The quantitative estimate of drug-likeness (QED) is 0.492. The summed E-state index contributed by atoms with van der Waals surface area (Å²) in [6.07, 6.45) is 1.67. The lowest BCUT2D eigenvalue weighted by Crippen LogP contribution is -2.15. The van der Waals surface area contributed by atoms with Crippen LogP contribution in [0.15, 0.2) is 69.8 Å². The third-order valence-electron chi connectivity index (χ3n) is 4.44. The number of aryl methyl sites for hydroxylation is 2. The fraction of sp³-hybridized carbons (Fsp3) is 0.143. The summed E-state index contributed by atoms with van der Waals surface area (Å²) < 4.78 is 35.4. The molecule has 0 unspecified atom stereocenters. The van der Waals surface area contributed by atoms with Crippen molar-refractivity contribution in [1.82, 2.24) is 9.38 Å². The molecule has 0 radical (unpaired) electrons. The molecule has 0 aliphatic carbocycles. The molecule has 154 valence electrons. The summed E-state index contributed by atoms with van der Waals surface area (Å²) in [7, 11) is -3.77. The Kier molecular flexibility index (Phi) is 5.31. The number of nitrogens with one attached hydrogen (secondary N) is 1.